The van der Waals surface area contributed by atoms with Gasteiger partial charge in [-0.3, -0.25) is 0 Å². The van der Waals surface area contributed by atoms with Gasteiger partial charge in [-0.25, -0.2) is 0 Å². The molecule has 11 aromatic rings. The summed E-state index contributed by atoms with van der Waals surface area (Å²) >= 11 is 0. The molecule has 3 nitrogen and oxygen atoms in total. The summed E-state index contributed by atoms with van der Waals surface area (Å²) in [4.78, 5) is 2.34. The number of hydrogen-bond acceptors (Lipinski definition) is 2. The van der Waals surface area contributed by atoms with Crippen molar-refractivity contribution < 1.29 is 4.42 Å². The number of rotatable bonds is 5. The molecule has 0 radical (unpaired) electrons. The third kappa shape index (κ3) is 4.75. The van der Waals surface area contributed by atoms with Crippen molar-refractivity contribution in [2.24, 2.45) is 0 Å². The molecule has 53 heavy (non-hydrogen) atoms. The summed E-state index contributed by atoms with van der Waals surface area (Å²) in [5.41, 5.74) is 10.9. The second-order valence-electron chi connectivity index (χ2n) is 13.8. The Kier molecular flexibility index (Phi) is 6.55. The molecule has 0 saturated heterocycles. The third-order valence-electron chi connectivity index (χ3n) is 10.7. The maximum absolute atomic E-state index is 6.55. The second kappa shape index (κ2) is 11.7. The number of furan rings is 1. The van der Waals surface area contributed by atoms with Gasteiger partial charge in [0.2, 0.25) is 0 Å². The Morgan fingerprint density at radius 3 is 1.81 bits per heavy atom. The van der Waals surface area contributed by atoms with Gasteiger partial charge < -0.3 is 13.9 Å². The first-order chi connectivity index (χ1) is 26.3. The van der Waals surface area contributed by atoms with Crippen LogP contribution >= 0.6 is 0 Å². The average Bonchev–Trinajstić information content (AvgIpc) is 3.76. The van der Waals surface area contributed by atoms with Gasteiger partial charge in [-0.15, -0.1) is 0 Å². The number of fused-ring (bicyclic) bond motifs is 9. The quantitative estimate of drug-likeness (QED) is 0.181. The van der Waals surface area contributed by atoms with Crippen LogP contribution in [0.15, 0.2) is 199 Å². The minimum absolute atomic E-state index is 0.873. The highest BCUT2D eigenvalue weighted by Gasteiger charge is 2.20. The maximum atomic E-state index is 6.55. The number of nitrogens with zero attached hydrogens (tertiary/aromatic N) is 2. The molecule has 0 aliphatic heterocycles. The molecule has 2 heterocycles. The second-order valence-corrected chi connectivity index (χ2v) is 13.8. The van der Waals surface area contributed by atoms with Crippen molar-refractivity contribution in [1.29, 1.82) is 0 Å². The van der Waals surface area contributed by atoms with Crippen LogP contribution in [-0.2, 0) is 0 Å². The highest BCUT2D eigenvalue weighted by atomic mass is 16.3. The number of hydrogen-bond donors (Lipinski definition) is 0. The summed E-state index contributed by atoms with van der Waals surface area (Å²) < 4.78 is 8.96. The molecule has 0 aliphatic carbocycles. The highest BCUT2D eigenvalue weighted by molar-refractivity contribution is 6.19. The predicted octanol–water partition coefficient (Wildman–Crippen LogP) is 14.1. The van der Waals surface area contributed by atoms with Crippen LogP contribution in [0.25, 0.3) is 82.1 Å². The van der Waals surface area contributed by atoms with Crippen LogP contribution in [-0.4, -0.2) is 4.57 Å². The first-order valence-electron chi connectivity index (χ1n) is 18.1. The van der Waals surface area contributed by atoms with Crippen molar-refractivity contribution in [3.8, 4) is 16.8 Å². The van der Waals surface area contributed by atoms with Gasteiger partial charge in [0, 0.05) is 50.4 Å². The van der Waals surface area contributed by atoms with Crippen LogP contribution in [0.3, 0.4) is 0 Å². The van der Waals surface area contributed by atoms with E-state index in [0.717, 1.165) is 44.7 Å². The Bertz CT molecular complexity index is 3160. The first kappa shape index (κ1) is 29.6. The number of aromatic nitrogens is 1. The molecule has 2 aromatic heterocycles. The Morgan fingerprint density at radius 1 is 0.358 bits per heavy atom. The van der Waals surface area contributed by atoms with Crippen LogP contribution in [0.2, 0.25) is 0 Å². The van der Waals surface area contributed by atoms with Crippen LogP contribution in [0, 0.1) is 0 Å². The molecule has 0 bridgehead atoms. The molecule has 248 valence electrons. The van der Waals surface area contributed by atoms with Crippen LogP contribution < -0.4 is 4.90 Å². The third-order valence-corrected chi connectivity index (χ3v) is 10.7. The van der Waals surface area contributed by atoms with Gasteiger partial charge >= 0.3 is 0 Å². The van der Waals surface area contributed by atoms with E-state index in [1.165, 1.54) is 54.5 Å². The standard InChI is InChI=1S/C50H32N2O/c1-3-11-33(12-4-1)34-19-22-39(23-20-34)52-46-27-25-40(31-45(46)44-29-36-14-7-8-15-37(36)30-47(44)52)51(38-16-5-2-6-17-38)41-24-26-43-49(32-41)53-48-28-21-35-13-9-10-18-42(35)50(43)48/h1-32H. The van der Waals surface area contributed by atoms with Crippen molar-refractivity contribution in [1.82, 2.24) is 4.57 Å². The molecule has 9 aromatic carbocycles. The summed E-state index contributed by atoms with van der Waals surface area (Å²) in [7, 11) is 0. The normalized spacial score (nSPS) is 11.8. The average molecular weight is 677 g/mol. The summed E-state index contributed by atoms with van der Waals surface area (Å²) in [6, 6.07) is 69.7. The molecule has 0 aliphatic rings. The van der Waals surface area contributed by atoms with Gasteiger partial charge in [-0.2, -0.15) is 0 Å². The van der Waals surface area contributed by atoms with E-state index in [2.05, 4.69) is 204 Å². The molecule has 0 spiro atoms. The number of benzene rings is 9. The van der Waals surface area contributed by atoms with Crippen molar-refractivity contribution in [3.05, 3.63) is 194 Å². The van der Waals surface area contributed by atoms with E-state index in [0.29, 0.717) is 0 Å². The Labute approximate surface area is 306 Å². The van der Waals surface area contributed by atoms with E-state index in [-0.39, 0.29) is 0 Å². The topological polar surface area (TPSA) is 21.3 Å². The van der Waals surface area contributed by atoms with E-state index < -0.39 is 0 Å². The molecular weight excluding hydrogens is 645 g/mol. The lowest BCUT2D eigenvalue weighted by atomic mass is 10.0. The molecule has 3 heteroatoms. The zero-order chi connectivity index (χ0) is 34.9. The zero-order valence-electron chi connectivity index (χ0n) is 28.8. The van der Waals surface area contributed by atoms with Gasteiger partial charge in [0.1, 0.15) is 11.2 Å². The Hall–Kier alpha value is -7.10. The number of anilines is 3. The molecule has 0 amide bonds. The van der Waals surface area contributed by atoms with Crippen LogP contribution in [0.1, 0.15) is 0 Å². The fourth-order valence-electron chi connectivity index (χ4n) is 8.24. The van der Waals surface area contributed by atoms with Crippen molar-refractivity contribution in [2.75, 3.05) is 4.90 Å². The van der Waals surface area contributed by atoms with Gasteiger partial charge in [0.15, 0.2) is 0 Å². The Morgan fingerprint density at radius 2 is 1.00 bits per heavy atom. The summed E-state index contributed by atoms with van der Waals surface area (Å²) in [5, 5.41) is 9.58. The van der Waals surface area contributed by atoms with Crippen LogP contribution in [0.5, 0.6) is 0 Å². The van der Waals surface area contributed by atoms with E-state index in [1.807, 2.05) is 0 Å². The lowest BCUT2D eigenvalue weighted by molar-refractivity contribution is 0.669. The van der Waals surface area contributed by atoms with Crippen molar-refractivity contribution in [3.63, 3.8) is 0 Å². The van der Waals surface area contributed by atoms with E-state index in [4.69, 9.17) is 4.42 Å². The molecule has 0 saturated carbocycles. The lowest BCUT2D eigenvalue weighted by Crippen LogP contribution is -2.09. The molecule has 11 rings (SSSR count). The predicted molar refractivity (Wildman–Crippen MR) is 223 cm³/mol. The molecule has 0 fully saturated rings. The molecular formula is C50H32N2O. The van der Waals surface area contributed by atoms with Crippen molar-refractivity contribution >= 4 is 82.4 Å². The highest BCUT2D eigenvalue weighted by Crippen LogP contribution is 2.43. The van der Waals surface area contributed by atoms with Gasteiger partial charge in [0.05, 0.1) is 11.0 Å². The SMILES string of the molecule is c1ccc(-c2ccc(-n3c4ccc(N(c5ccccc5)c5ccc6c(c5)oc5ccc7ccccc7c56)cc4c4cc5ccccc5cc43)cc2)cc1. The fraction of sp³-hybridized carbons (Fsp3) is 0. The lowest BCUT2D eigenvalue weighted by Gasteiger charge is -2.25. The smallest absolute Gasteiger partial charge is 0.137 e. The summed E-state index contributed by atoms with van der Waals surface area (Å²) in [6.45, 7) is 0. The molecule has 0 atom stereocenters. The zero-order valence-corrected chi connectivity index (χ0v) is 28.8. The minimum atomic E-state index is 0.873. The van der Waals surface area contributed by atoms with Gasteiger partial charge in [-0.1, -0.05) is 115 Å². The summed E-state index contributed by atoms with van der Waals surface area (Å²) in [6.07, 6.45) is 0. The largest absolute Gasteiger partial charge is 0.456 e. The Balaban J connectivity index is 1.12. The maximum Gasteiger partial charge on any atom is 0.137 e. The molecule has 0 N–H and O–H groups in total. The first-order valence-corrected chi connectivity index (χ1v) is 18.1. The van der Waals surface area contributed by atoms with E-state index in [9.17, 15) is 0 Å². The fourth-order valence-corrected chi connectivity index (χ4v) is 8.24. The van der Waals surface area contributed by atoms with Crippen molar-refractivity contribution in [2.45, 2.75) is 0 Å². The molecule has 0 unspecified atom stereocenters. The monoisotopic (exact) mass is 676 g/mol. The number of para-hydroxylation sites is 1. The van der Waals surface area contributed by atoms with Gasteiger partial charge in [0.25, 0.3) is 0 Å². The van der Waals surface area contributed by atoms with E-state index >= 15 is 0 Å². The minimum Gasteiger partial charge on any atom is -0.456 e. The van der Waals surface area contributed by atoms with E-state index in [1.54, 1.807) is 0 Å². The summed E-state index contributed by atoms with van der Waals surface area (Å²) in [5.74, 6) is 0. The van der Waals surface area contributed by atoms with Gasteiger partial charge in [-0.05, 0) is 105 Å². The van der Waals surface area contributed by atoms with Crippen LogP contribution in [0.4, 0.5) is 17.1 Å².